The normalized spacial score (nSPS) is 17.2. The maximum Gasteiger partial charge on any atom is 0.259 e. The van der Waals surface area contributed by atoms with E-state index in [0.29, 0.717) is 42.2 Å². The molecule has 0 radical (unpaired) electrons. The van der Waals surface area contributed by atoms with Gasteiger partial charge in [0.1, 0.15) is 16.7 Å². The van der Waals surface area contributed by atoms with Crippen molar-refractivity contribution in [2.75, 3.05) is 25.0 Å². The number of rotatable bonds is 7. The van der Waals surface area contributed by atoms with Gasteiger partial charge in [0.05, 0.1) is 6.61 Å². The molecule has 2 aliphatic heterocycles. The molecule has 2 aromatic carbocycles. The Labute approximate surface area is 193 Å². The van der Waals surface area contributed by atoms with E-state index < -0.39 is 22.0 Å². The maximum absolute atomic E-state index is 13.2. The SMILES string of the molecule is C=C1c2ccccc2C(=O)N1C(C)C(=O)Nc1ccc(OCC)c(S(=O)(=O)N2CCCC2)c1. The number of amides is 2. The van der Waals surface area contributed by atoms with Crippen molar-refractivity contribution in [2.24, 2.45) is 0 Å². The highest BCUT2D eigenvalue weighted by molar-refractivity contribution is 7.89. The van der Waals surface area contributed by atoms with Crippen molar-refractivity contribution in [1.29, 1.82) is 0 Å². The van der Waals surface area contributed by atoms with Crippen molar-refractivity contribution in [3.63, 3.8) is 0 Å². The van der Waals surface area contributed by atoms with Gasteiger partial charge >= 0.3 is 0 Å². The van der Waals surface area contributed by atoms with Crippen LogP contribution in [0.5, 0.6) is 5.75 Å². The van der Waals surface area contributed by atoms with Gasteiger partial charge in [-0.1, -0.05) is 24.8 Å². The number of hydrogen-bond acceptors (Lipinski definition) is 5. The van der Waals surface area contributed by atoms with Gasteiger partial charge in [0, 0.05) is 35.6 Å². The highest BCUT2D eigenvalue weighted by Crippen LogP contribution is 2.34. The van der Waals surface area contributed by atoms with Crippen LogP contribution in [0.4, 0.5) is 5.69 Å². The number of fused-ring (bicyclic) bond motifs is 1. The van der Waals surface area contributed by atoms with E-state index in [1.807, 2.05) is 6.07 Å². The predicted molar refractivity (Wildman–Crippen MR) is 125 cm³/mol. The van der Waals surface area contributed by atoms with Crippen molar-refractivity contribution >= 4 is 33.2 Å². The minimum absolute atomic E-state index is 0.0192. The van der Waals surface area contributed by atoms with Gasteiger partial charge in [0.25, 0.3) is 5.91 Å². The molecule has 1 N–H and O–H groups in total. The van der Waals surface area contributed by atoms with E-state index in [2.05, 4.69) is 11.9 Å². The third-order valence-electron chi connectivity index (χ3n) is 5.94. The van der Waals surface area contributed by atoms with Crippen molar-refractivity contribution in [1.82, 2.24) is 9.21 Å². The van der Waals surface area contributed by atoms with Crippen molar-refractivity contribution in [3.05, 3.63) is 60.2 Å². The number of carbonyl (C=O) groups is 2. The number of sulfonamides is 1. The zero-order valence-corrected chi connectivity index (χ0v) is 19.5. The van der Waals surface area contributed by atoms with Crippen LogP contribution in [0.15, 0.2) is 53.9 Å². The molecule has 0 aliphatic carbocycles. The Morgan fingerprint density at radius 2 is 1.82 bits per heavy atom. The summed E-state index contributed by atoms with van der Waals surface area (Å²) in [5.41, 5.74) is 1.97. The molecule has 1 unspecified atom stereocenters. The minimum atomic E-state index is -3.76. The van der Waals surface area contributed by atoms with Gasteiger partial charge in [-0.15, -0.1) is 0 Å². The zero-order chi connectivity index (χ0) is 23.8. The molecule has 8 nitrogen and oxygen atoms in total. The molecule has 2 heterocycles. The average Bonchev–Trinajstić information content (AvgIpc) is 3.43. The molecule has 2 aliphatic rings. The highest BCUT2D eigenvalue weighted by atomic mass is 32.2. The summed E-state index contributed by atoms with van der Waals surface area (Å²) in [5, 5.41) is 2.75. The van der Waals surface area contributed by atoms with E-state index >= 15 is 0 Å². The lowest BCUT2D eigenvalue weighted by molar-refractivity contribution is -0.119. The van der Waals surface area contributed by atoms with Crippen LogP contribution in [0.1, 0.15) is 42.6 Å². The second kappa shape index (κ2) is 8.99. The fourth-order valence-corrected chi connectivity index (χ4v) is 5.88. The Kier molecular flexibility index (Phi) is 6.27. The Bertz CT molecular complexity index is 1180. The third-order valence-corrected chi connectivity index (χ3v) is 7.86. The molecule has 9 heteroatoms. The van der Waals surface area contributed by atoms with Crippen LogP contribution < -0.4 is 10.1 Å². The number of carbonyl (C=O) groups excluding carboxylic acids is 2. The molecule has 1 fully saturated rings. The first kappa shape index (κ1) is 23.0. The lowest BCUT2D eigenvalue weighted by atomic mass is 10.1. The topological polar surface area (TPSA) is 96.0 Å². The predicted octanol–water partition coefficient (Wildman–Crippen LogP) is 3.32. The second-order valence-electron chi connectivity index (χ2n) is 8.04. The van der Waals surface area contributed by atoms with E-state index in [1.54, 1.807) is 44.2 Å². The molecular weight excluding hydrogens is 442 g/mol. The number of hydrogen-bond donors (Lipinski definition) is 1. The van der Waals surface area contributed by atoms with Crippen LogP contribution in [-0.4, -0.2) is 55.2 Å². The number of ether oxygens (including phenoxy) is 1. The Balaban J connectivity index is 1.58. The van der Waals surface area contributed by atoms with E-state index in [4.69, 9.17) is 4.74 Å². The van der Waals surface area contributed by atoms with Gasteiger partial charge in [-0.25, -0.2) is 8.42 Å². The fraction of sp³-hybridized carbons (Fsp3) is 0.333. The first-order valence-corrected chi connectivity index (χ1v) is 12.4. The van der Waals surface area contributed by atoms with Crippen molar-refractivity contribution in [2.45, 2.75) is 37.6 Å². The lowest BCUT2D eigenvalue weighted by Gasteiger charge is -2.25. The number of anilines is 1. The smallest absolute Gasteiger partial charge is 0.259 e. The molecule has 33 heavy (non-hydrogen) atoms. The molecule has 0 spiro atoms. The van der Waals surface area contributed by atoms with E-state index in [9.17, 15) is 18.0 Å². The van der Waals surface area contributed by atoms with Crippen LogP contribution >= 0.6 is 0 Å². The Morgan fingerprint density at radius 3 is 2.45 bits per heavy atom. The maximum atomic E-state index is 13.2. The van der Waals surface area contributed by atoms with Crippen LogP contribution in [0.3, 0.4) is 0 Å². The van der Waals surface area contributed by atoms with Gasteiger partial charge in [-0.2, -0.15) is 4.31 Å². The second-order valence-corrected chi connectivity index (χ2v) is 9.94. The van der Waals surface area contributed by atoms with Crippen LogP contribution in [-0.2, 0) is 14.8 Å². The summed E-state index contributed by atoms with van der Waals surface area (Å²) in [4.78, 5) is 27.2. The molecule has 1 saturated heterocycles. The third kappa shape index (κ3) is 4.14. The average molecular weight is 470 g/mol. The molecular formula is C24H27N3O5S. The molecule has 2 aromatic rings. The zero-order valence-electron chi connectivity index (χ0n) is 18.7. The van der Waals surface area contributed by atoms with Crippen LogP contribution in [0.25, 0.3) is 5.70 Å². The summed E-state index contributed by atoms with van der Waals surface area (Å²) in [6.45, 7) is 8.61. The van der Waals surface area contributed by atoms with E-state index in [1.165, 1.54) is 15.3 Å². The van der Waals surface area contributed by atoms with Crippen molar-refractivity contribution < 1.29 is 22.7 Å². The number of benzene rings is 2. The molecule has 2 amide bonds. The molecule has 4 rings (SSSR count). The van der Waals surface area contributed by atoms with Gasteiger partial charge in [-0.3, -0.25) is 14.5 Å². The Hall–Kier alpha value is -3.17. The summed E-state index contributed by atoms with van der Waals surface area (Å²) in [6, 6.07) is 10.8. The number of nitrogens with one attached hydrogen (secondary N) is 1. The molecule has 0 saturated carbocycles. The van der Waals surface area contributed by atoms with Crippen LogP contribution in [0.2, 0.25) is 0 Å². The first-order chi connectivity index (χ1) is 15.8. The monoisotopic (exact) mass is 469 g/mol. The molecule has 0 bridgehead atoms. The van der Waals surface area contributed by atoms with Gasteiger partial charge in [-0.05, 0) is 51.0 Å². The standard InChI is InChI=1S/C24H27N3O5S/c1-4-32-21-12-11-18(15-22(21)33(30,31)26-13-7-8-14-26)25-23(28)17(3)27-16(2)19-9-5-6-10-20(19)24(27)29/h5-6,9-12,15,17H,2,4,7-8,13-14H2,1,3H3,(H,25,28). The van der Waals surface area contributed by atoms with Gasteiger partial charge in [0.15, 0.2) is 0 Å². The van der Waals surface area contributed by atoms with Crippen molar-refractivity contribution in [3.8, 4) is 5.75 Å². The summed E-state index contributed by atoms with van der Waals surface area (Å²) < 4.78 is 33.4. The summed E-state index contributed by atoms with van der Waals surface area (Å²) >= 11 is 0. The summed E-state index contributed by atoms with van der Waals surface area (Å²) in [5.74, 6) is -0.498. The lowest BCUT2D eigenvalue weighted by Crippen LogP contribution is -2.41. The molecule has 174 valence electrons. The quantitative estimate of drug-likeness (QED) is 0.671. The highest BCUT2D eigenvalue weighted by Gasteiger charge is 2.37. The summed E-state index contributed by atoms with van der Waals surface area (Å²) in [6.07, 6.45) is 1.63. The fourth-order valence-electron chi connectivity index (χ4n) is 4.21. The van der Waals surface area contributed by atoms with Gasteiger partial charge < -0.3 is 10.1 Å². The van der Waals surface area contributed by atoms with E-state index in [-0.39, 0.29) is 16.6 Å². The first-order valence-electron chi connectivity index (χ1n) is 11.0. The van der Waals surface area contributed by atoms with E-state index in [0.717, 1.165) is 12.8 Å². The summed E-state index contributed by atoms with van der Waals surface area (Å²) in [7, 11) is -3.76. The van der Waals surface area contributed by atoms with Crippen LogP contribution in [0, 0.1) is 0 Å². The van der Waals surface area contributed by atoms with Gasteiger partial charge in [0.2, 0.25) is 15.9 Å². The Morgan fingerprint density at radius 1 is 1.15 bits per heavy atom. The molecule has 1 atom stereocenters. The number of nitrogens with zero attached hydrogens (tertiary/aromatic N) is 2. The molecule has 0 aromatic heterocycles. The minimum Gasteiger partial charge on any atom is -0.492 e. The largest absolute Gasteiger partial charge is 0.492 e.